The van der Waals surface area contributed by atoms with Crippen molar-refractivity contribution in [3.8, 4) is 17.2 Å². The Hall–Kier alpha value is -1.46. The molecule has 1 aromatic carbocycles. The van der Waals surface area contributed by atoms with E-state index in [4.69, 9.17) is 18.9 Å². The molecule has 1 N–H and O–H groups in total. The van der Waals surface area contributed by atoms with Gasteiger partial charge in [-0.3, -0.25) is 0 Å². The fraction of sp³-hybridized carbons (Fsp3) is 0.625. The highest BCUT2D eigenvalue weighted by Crippen LogP contribution is 2.40. The summed E-state index contributed by atoms with van der Waals surface area (Å²) in [5.74, 6) is 1.99. The minimum atomic E-state index is 0.00885. The Labute approximate surface area is 126 Å². The predicted octanol–water partition coefficient (Wildman–Crippen LogP) is 2.24. The fourth-order valence-corrected chi connectivity index (χ4v) is 2.63. The van der Waals surface area contributed by atoms with Crippen LogP contribution < -0.4 is 19.5 Å². The summed E-state index contributed by atoms with van der Waals surface area (Å²) in [5.41, 5.74) is 0. The Morgan fingerprint density at radius 2 is 1.81 bits per heavy atom. The standard InChI is InChI=1S/C16H25NO4/c1-5-9-17-11-10-14(15(11)20-4)21-16-12(18-2)7-6-8-13(16)19-3/h6-8,11,14-15,17H,5,9-10H2,1-4H3. The molecule has 1 aromatic rings. The van der Waals surface area contributed by atoms with E-state index in [-0.39, 0.29) is 12.2 Å². The topological polar surface area (TPSA) is 49.0 Å². The molecule has 0 heterocycles. The van der Waals surface area contributed by atoms with E-state index in [1.807, 2.05) is 18.2 Å². The van der Waals surface area contributed by atoms with Crippen LogP contribution in [0.4, 0.5) is 0 Å². The molecule has 0 spiro atoms. The minimum absolute atomic E-state index is 0.00885. The molecule has 5 heteroatoms. The zero-order valence-corrected chi connectivity index (χ0v) is 13.2. The molecule has 2 rings (SSSR count). The van der Waals surface area contributed by atoms with Gasteiger partial charge in [0.2, 0.25) is 5.75 Å². The largest absolute Gasteiger partial charge is 0.493 e. The van der Waals surface area contributed by atoms with E-state index in [2.05, 4.69) is 12.2 Å². The molecular weight excluding hydrogens is 270 g/mol. The zero-order chi connectivity index (χ0) is 15.2. The molecule has 1 aliphatic rings. The Kier molecular flexibility index (Phi) is 5.70. The van der Waals surface area contributed by atoms with Crippen molar-refractivity contribution in [2.45, 2.75) is 38.0 Å². The highest BCUT2D eigenvalue weighted by atomic mass is 16.6. The Morgan fingerprint density at radius 3 is 2.33 bits per heavy atom. The van der Waals surface area contributed by atoms with E-state index in [0.29, 0.717) is 23.3 Å². The molecule has 0 radical (unpaired) electrons. The van der Waals surface area contributed by atoms with E-state index in [9.17, 15) is 0 Å². The van der Waals surface area contributed by atoms with Crippen molar-refractivity contribution in [3.05, 3.63) is 18.2 Å². The first-order valence-corrected chi connectivity index (χ1v) is 7.39. The molecule has 0 aliphatic heterocycles. The molecule has 1 aliphatic carbocycles. The summed E-state index contributed by atoms with van der Waals surface area (Å²) in [4.78, 5) is 0. The van der Waals surface area contributed by atoms with Gasteiger partial charge in [-0.25, -0.2) is 0 Å². The molecule has 5 nitrogen and oxygen atoms in total. The number of nitrogens with one attached hydrogen (secondary N) is 1. The van der Waals surface area contributed by atoms with Crippen LogP contribution >= 0.6 is 0 Å². The molecule has 0 amide bonds. The molecule has 0 saturated heterocycles. The molecule has 3 atom stereocenters. The number of ether oxygens (including phenoxy) is 4. The molecule has 3 unspecified atom stereocenters. The summed E-state index contributed by atoms with van der Waals surface area (Å²) < 4.78 is 22.4. The molecule has 1 fully saturated rings. The Bertz CT molecular complexity index is 430. The molecule has 118 valence electrons. The monoisotopic (exact) mass is 295 g/mol. The van der Waals surface area contributed by atoms with Crippen LogP contribution in [-0.4, -0.2) is 46.1 Å². The third-order valence-electron chi connectivity index (χ3n) is 3.83. The van der Waals surface area contributed by atoms with E-state index in [1.165, 1.54) is 0 Å². The smallest absolute Gasteiger partial charge is 0.203 e. The van der Waals surface area contributed by atoms with Crippen LogP contribution in [0.25, 0.3) is 0 Å². The second-order valence-electron chi connectivity index (χ2n) is 5.14. The maximum Gasteiger partial charge on any atom is 0.203 e. The van der Waals surface area contributed by atoms with Crippen LogP contribution in [-0.2, 0) is 4.74 Å². The van der Waals surface area contributed by atoms with Crippen molar-refractivity contribution in [1.82, 2.24) is 5.32 Å². The average molecular weight is 295 g/mol. The van der Waals surface area contributed by atoms with Crippen LogP contribution in [0.1, 0.15) is 19.8 Å². The quantitative estimate of drug-likeness (QED) is 0.797. The van der Waals surface area contributed by atoms with E-state index in [0.717, 1.165) is 19.4 Å². The molecule has 0 aromatic heterocycles. The number of rotatable bonds is 8. The van der Waals surface area contributed by atoms with Gasteiger partial charge in [0.25, 0.3) is 0 Å². The second-order valence-corrected chi connectivity index (χ2v) is 5.14. The lowest BCUT2D eigenvalue weighted by molar-refractivity contribution is -0.0898. The maximum atomic E-state index is 6.09. The first-order valence-electron chi connectivity index (χ1n) is 7.39. The highest BCUT2D eigenvalue weighted by molar-refractivity contribution is 5.51. The van der Waals surface area contributed by atoms with Gasteiger partial charge in [-0.15, -0.1) is 0 Å². The maximum absolute atomic E-state index is 6.09. The second kappa shape index (κ2) is 7.52. The third-order valence-corrected chi connectivity index (χ3v) is 3.83. The van der Waals surface area contributed by atoms with Crippen LogP contribution in [0.3, 0.4) is 0 Å². The number of methoxy groups -OCH3 is 3. The van der Waals surface area contributed by atoms with Gasteiger partial charge in [-0.2, -0.15) is 0 Å². The summed E-state index contributed by atoms with van der Waals surface area (Å²) in [5, 5.41) is 3.48. The van der Waals surface area contributed by atoms with Crippen molar-refractivity contribution in [2.24, 2.45) is 0 Å². The van der Waals surface area contributed by atoms with E-state index in [1.54, 1.807) is 21.3 Å². The Balaban J connectivity index is 2.05. The fourth-order valence-electron chi connectivity index (χ4n) is 2.63. The molecule has 21 heavy (non-hydrogen) atoms. The lowest BCUT2D eigenvalue weighted by atomic mass is 9.85. The SMILES string of the molecule is CCCNC1CC(Oc2c(OC)cccc2OC)C1OC. The van der Waals surface area contributed by atoms with Crippen molar-refractivity contribution < 1.29 is 18.9 Å². The van der Waals surface area contributed by atoms with Crippen molar-refractivity contribution in [3.63, 3.8) is 0 Å². The predicted molar refractivity (Wildman–Crippen MR) is 81.5 cm³/mol. The van der Waals surface area contributed by atoms with Gasteiger partial charge in [-0.1, -0.05) is 13.0 Å². The lowest BCUT2D eigenvalue weighted by Gasteiger charge is -2.43. The van der Waals surface area contributed by atoms with E-state index < -0.39 is 0 Å². The average Bonchev–Trinajstić information content (AvgIpc) is 2.50. The number of hydrogen-bond acceptors (Lipinski definition) is 5. The van der Waals surface area contributed by atoms with Crippen LogP contribution in [0.15, 0.2) is 18.2 Å². The lowest BCUT2D eigenvalue weighted by Crippen LogP contribution is -2.61. The van der Waals surface area contributed by atoms with Gasteiger partial charge in [0.05, 0.1) is 14.2 Å². The molecule has 1 saturated carbocycles. The highest BCUT2D eigenvalue weighted by Gasteiger charge is 2.43. The summed E-state index contributed by atoms with van der Waals surface area (Å²) in [6, 6.07) is 5.96. The first kappa shape index (κ1) is 15.9. The van der Waals surface area contributed by atoms with Crippen molar-refractivity contribution >= 4 is 0 Å². The number of benzene rings is 1. The zero-order valence-electron chi connectivity index (χ0n) is 13.2. The van der Waals surface area contributed by atoms with Crippen molar-refractivity contribution in [1.29, 1.82) is 0 Å². The van der Waals surface area contributed by atoms with Crippen LogP contribution in [0, 0.1) is 0 Å². The number of para-hydroxylation sites is 1. The van der Waals surface area contributed by atoms with Crippen molar-refractivity contribution in [2.75, 3.05) is 27.9 Å². The summed E-state index contributed by atoms with van der Waals surface area (Å²) in [6.45, 7) is 3.15. The van der Waals surface area contributed by atoms with Crippen LogP contribution in [0.2, 0.25) is 0 Å². The molecule has 0 bridgehead atoms. The van der Waals surface area contributed by atoms with Gasteiger partial charge in [-0.05, 0) is 25.1 Å². The van der Waals surface area contributed by atoms with Gasteiger partial charge >= 0.3 is 0 Å². The number of hydrogen-bond donors (Lipinski definition) is 1. The van der Waals surface area contributed by atoms with E-state index >= 15 is 0 Å². The van der Waals surface area contributed by atoms with Crippen LogP contribution in [0.5, 0.6) is 17.2 Å². The normalized spacial score (nSPS) is 24.3. The van der Waals surface area contributed by atoms with Gasteiger partial charge in [0.1, 0.15) is 12.2 Å². The van der Waals surface area contributed by atoms with Gasteiger partial charge in [0.15, 0.2) is 11.5 Å². The summed E-state index contributed by atoms with van der Waals surface area (Å²) >= 11 is 0. The summed E-state index contributed by atoms with van der Waals surface area (Å²) in [6.07, 6.45) is 2.08. The van der Waals surface area contributed by atoms with Gasteiger partial charge < -0.3 is 24.3 Å². The summed E-state index contributed by atoms with van der Waals surface area (Å²) in [7, 11) is 4.98. The molecular formula is C16H25NO4. The first-order chi connectivity index (χ1) is 10.2. The third kappa shape index (κ3) is 3.41. The Morgan fingerprint density at radius 1 is 1.14 bits per heavy atom. The van der Waals surface area contributed by atoms with Gasteiger partial charge in [0, 0.05) is 19.6 Å². The minimum Gasteiger partial charge on any atom is -0.493 e.